The van der Waals surface area contributed by atoms with Crippen LogP contribution in [0.3, 0.4) is 0 Å². The summed E-state index contributed by atoms with van der Waals surface area (Å²) in [6.07, 6.45) is 1.66. The van der Waals surface area contributed by atoms with Gasteiger partial charge in [-0.05, 0) is 19.3 Å². The molecule has 1 aromatic heterocycles. The lowest BCUT2D eigenvalue weighted by molar-refractivity contribution is -0.124. The zero-order valence-electron chi connectivity index (χ0n) is 11.8. The number of nitrogens with zero attached hydrogens (tertiary/aromatic N) is 3. The van der Waals surface area contributed by atoms with Gasteiger partial charge in [-0.25, -0.2) is 0 Å². The van der Waals surface area contributed by atoms with Crippen molar-refractivity contribution >= 4 is 5.91 Å². The lowest BCUT2D eigenvalue weighted by atomic mass is 9.87. The Morgan fingerprint density at radius 1 is 1.50 bits per heavy atom. The number of amides is 1. The third kappa shape index (κ3) is 3.53. The summed E-state index contributed by atoms with van der Waals surface area (Å²) in [6.45, 7) is 10.2. The zero-order chi connectivity index (χ0) is 13.9. The molecule has 0 aliphatic carbocycles. The van der Waals surface area contributed by atoms with Crippen LogP contribution in [0.5, 0.6) is 0 Å². The third-order valence-electron chi connectivity index (χ3n) is 2.84. The SMILES string of the molecule is CC(C)n1cnnc1CNC(=O)[C@@H](N)C(C)(C)C. The molecule has 0 saturated carbocycles. The second-order valence-electron chi connectivity index (χ2n) is 5.81. The Balaban J connectivity index is 2.61. The number of nitrogens with one attached hydrogen (secondary N) is 1. The molecular formula is C12H23N5O. The fraction of sp³-hybridized carbons (Fsp3) is 0.750. The van der Waals surface area contributed by atoms with Gasteiger partial charge in [0.15, 0.2) is 5.82 Å². The van der Waals surface area contributed by atoms with E-state index in [1.54, 1.807) is 6.33 Å². The van der Waals surface area contributed by atoms with E-state index in [1.807, 2.05) is 39.2 Å². The van der Waals surface area contributed by atoms with Crippen molar-refractivity contribution < 1.29 is 4.79 Å². The Morgan fingerprint density at radius 3 is 2.61 bits per heavy atom. The van der Waals surface area contributed by atoms with Gasteiger partial charge in [0.05, 0.1) is 12.6 Å². The summed E-state index contributed by atoms with van der Waals surface area (Å²) in [7, 11) is 0. The second-order valence-corrected chi connectivity index (χ2v) is 5.81. The maximum Gasteiger partial charge on any atom is 0.237 e. The molecule has 1 heterocycles. The van der Waals surface area contributed by atoms with Gasteiger partial charge in [-0.3, -0.25) is 4.79 Å². The van der Waals surface area contributed by atoms with E-state index in [1.165, 1.54) is 0 Å². The molecule has 0 saturated heterocycles. The molecule has 3 N–H and O–H groups in total. The van der Waals surface area contributed by atoms with Crippen molar-refractivity contribution in [2.75, 3.05) is 0 Å². The van der Waals surface area contributed by atoms with Crippen LogP contribution in [0.15, 0.2) is 6.33 Å². The van der Waals surface area contributed by atoms with Crippen molar-refractivity contribution in [2.45, 2.75) is 53.2 Å². The van der Waals surface area contributed by atoms with Crippen LogP contribution in [0.25, 0.3) is 0 Å². The van der Waals surface area contributed by atoms with E-state index >= 15 is 0 Å². The predicted octanol–water partition coefficient (Wildman–Crippen LogP) is 0.849. The number of nitrogens with two attached hydrogens (primary N) is 1. The van der Waals surface area contributed by atoms with Gasteiger partial charge < -0.3 is 15.6 Å². The van der Waals surface area contributed by atoms with Gasteiger partial charge in [-0.1, -0.05) is 20.8 Å². The molecule has 6 heteroatoms. The first-order valence-electron chi connectivity index (χ1n) is 6.15. The van der Waals surface area contributed by atoms with Crippen LogP contribution in [0.2, 0.25) is 0 Å². The standard InChI is InChI=1S/C12H23N5O/c1-8(2)17-7-15-16-9(17)6-14-11(18)10(13)12(3,4)5/h7-8,10H,6,13H2,1-5H3,(H,14,18)/t10-/m1/s1. The topological polar surface area (TPSA) is 85.8 Å². The first-order chi connectivity index (χ1) is 8.23. The van der Waals surface area contributed by atoms with Gasteiger partial charge in [-0.2, -0.15) is 0 Å². The highest BCUT2D eigenvalue weighted by Gasteiger charge is 2.27. The van der Waals surface area contributed by atoms with E-state index in [-0.39, 0.29) is 17.4 Å². The lowest BCUT2D eigenvalue weighted by Gasteiger charge is -2.25. The summed E-state index contributed by atoms with van der Waals surface area (Å²) >= 11 is 0. The molecule has 102 valence electrons. The summed E-state index contributed by atoms with van der Waals surface area (Å²) in [5.41, 5.74) is 5.62. The van der Waals surface area contributed by atoms with Crippen molar-refractivity contribution in [1.29, 1.82) is 0 Å². The molecule has 1 amide bonds. The Bertz CT molecular complexity index is 405. The zero-order valence-corrected chi connectivity index (χ0v) is 11.8. The third-order valence-corrected chi connectivity index (χ3v) is 2.84. The first kappa shape index (κ1) is 14.6. The minimum atomic E-state index is -0.534. The van der Waals surface area contributed by atoms with E-state index < -0.39 is 6.04 Å². The van der Waals surface area contributed by atoms with Gasteiger partial charge in [0, 0.05) is 6.04 Å². The first-order valence-corrected chi connectivity index (χ1v) is 6.15. The number of rotatable bonds is 4. The second kappa shape index (κ2) is 5.48. The van der Waals surface area contributed by atoms with Gasteiger partial charge in [0.2, 0.25) is 5.91 Å². The van der Waals surface area contributed by atoms with Crippen LogP contribution in [0.1, 0.15) is 46.5 Å². The largest absolute Gasteiger partial charge is 0.347 e. The maximum absolute atomic E-state index is 11.9. The van der Waals surface area contributed by atoms with Crippen LogP contribution in [0, 0.1) is 5.41 Å². The van der Waals surface area contributed by atoms with Gasteiger partial charge in [0.1, 0.15) is 6.33 Å². The fourth-order valence-electron chi connectivity index (χ4n) is 1.49. The average Bonchev–Trinajstić information content (AvgIpc) is 2.71. The van der Waals surface area contributed by atoms with Crippen molar-refractivity contribution in [3.63, 3.8) is 0 Å². The van der Waals surface area contributed by atoms with Crippen LogP contribution in [-0.2, 0) is 11.3 Å². The number of hydrogen-bond donors (Lipinski definition) is 2. The summed E-state index contributed by atoms with van der Waals surface area (Å²) in [4.78, 5) is 11.9. The van der Waals surface area contributed by atoms with Crippen molar-refractivity contribution in [1.82, 2.24) is 20.1 Å². The number of carbonyl (C=O) groups is 1. The Morgan fingerprint density at radius 2 is 2.11 bits per heavy atom. The van der Waals surface area contributed by atoms with E-state index in [0.717, 1.165) is 5.82 Å². The summed E-state index contributed by atoms with van der Waals surface area (Å²) < 4.78 is 1.92. The van der Waals surface area contributed by atoms with E-state index in [4.69, 9.17) is 5.73 Å². The van der Waals surface area contributed by atoms with E-state index in [9.17, 15) is 4.79 Å². The molecule has 18 heavy (non-hydrogen) atoms. The molecule has 1 atom stereocenters. The molecule has 0 aliphatic heterocycles. The van der Waals surface area contributed by atoms with E-state index in [0.29, 0.717) is 6.54 Å². The van der Waals surface area contributed by atoms with Crippen LogP contribution in [0.4, 0.5) is 0 Å². The maximum atomic E-state index is 11.9. The number of carbonyl (C=O) groups excluding carboxylic acids is 1. The summed E-state index contributed by atoms with van der Waals surface area (Å²) in [5.74, 6) is 0.570. The van der Waals surface area contributed by atoms with Gasteiger partial charge >= 0.3 is 0 Å². The van der Waals surface area contributed by atoms with Gasteiger partial charge in [0.25, 0.3) is 0 Å². The number of hydrogen-bond acceptors (Lipinski definition) is 4. The average molecular weight is 253 g/mol. The molecule has 6 nitrogen and oxygen atoms in total. The molecule has 1 aromatic rings. The monoisotopic (exact) mass is 253 g/mol. The molecule has 0 radical (unpaired) electrons. The summed E-state index contributed by atoms with van der Waals surface area (Å²) in [6, 6.07) is -0.267. The normalized spacial score (nSPS) is 13.7. The van der Waals surface area contributed by atoms with Crippen molar-refractivity contribution in [2.24, 2.45) is 11.1 Å². The Labute approximate surface area is 108 Å². The van der Waals surface area contributed by atoms with Gasteiger partial charge in [-0.15, -0.1) is 10.2 Å². The smallest absolute Gasteiger partial charge is 0.237 e. The lowest BCUT2D eigenvalue weighted by Crippen LogP contribution is -2.48. The predicted molar refractivity (Wildman–Crippen MR) is 69.7 cm³/mol. The Hall–Kier alpha value is -1.43. The number of aromatic nitrogens is 3. The fourth-order valence-corrected chi connectivity index (χ4v) is 1.49. The highest BCUT2D eigenvalue weighted by atomic mass is 16.2. The molecule has 1 rings (SSSR count). The molecule has 0 aromatic carbocycles. The van der Waals surface area contributed by atoms with Crippen LogP contribution < -0.4 is 11.1 Å². The highest BCUT2D eigenvalue weighted by molar-refractivity contribution is 5.82. The van der Waals surface area contributed by atoms with Crippen molar-refractivity contribution in [3.8, 4) is 0 Å². The quantitative estimate of drug-likeness (QED) is 0.833. The molecule has 0 bridgehead atoms. The van der Waals surface area contributed by atoms with Crippen LogP contribution in [-0.4, -0.2) is 26.7 Å². The van der Waals surface area contributed by atoms with Crippen LogP contribution >= 0.6 is 0 Å². The minimum Gasteiger partial charge on any atom is -0.347 e. The molecule has 0 fully saturated rings. The molecule has 0 spiro atoms. The summed E-state index contributed by atoms with van der Waals surface area (Å²) in [5, 5.41) is 10.6. The van der Waals surface area contributed by atoms with E-state index in [2.05, 4.69) is 15.5 Å². The highest BCUT2D eigenvalue weighted by Crippen LogP contribution is 2.17. The molecular weight excluding hydrogens is 230 g/mol. The Kier molecular flexibility index (Phi) is 4.45. The molecule has 0 unspecified atom stereocenters. The van der Waals surface area contributed by atoms with Crippen molar-refractivity contribution in [3.05, 3.63) is 12.2 Å². The minimum absolute atomic E-state index is 0.166. The molecule has 0 aliphatic rings.